The standard InChI is InChI=1S/C13H16BrN5O/c1-13(5-2-6-20-8-13)19-12(16-17-18-19)9-3-4-10(14)11(15)7-9/h3-4,7H,2,5-6,8,15H2,1H3. The number of aromatic nitrogens is 4. The van der Waals surface area contributed by atoms with Crippen LogP contribution >= 0.6 is 15.9 Å². The first-order valence-corrected chi connectivity index (χ1v) is 7.31. The first-order valence-electron chi connectivity index (χ1n) is 6.52. The molecule has 0 spiro atoms. The molecule has 1 aromatic heterocycles. The van der Waals surface area contributed by atoms with Gasteiger partial charge in [-0.3, -0.25) is 0 Å². The average Bonchev–Trinajstić information content (AvgIpc) is 2.93. The molecule has 106 valence electrons. The number of ether oxygens (including phenoxy) is 1. The van der Waals surface area contributed by atoms with E-state index in [2.05, 4.69) is 38.4 Å². The summed E-state index contributed by atoms with van der Waals surface area (Å²) in [6, 6.07) is 5.73. The van der Waals surface area contributed by atoms with Crippen molar-refractivity contribution in [1.29, 1.82) is 0 Å². The second kappa shape index (κ2) is 5.14. The lowest BCUT2D eigenvalue weighted by Crippen LogP contribution is -2.40. The van der Waals surface area contributed by atoms with Gasteiger partial charge >= 0.3 is 0 Å². The summed E-state index contributed by atoms with van der Waals surface area (Å²) in [5, 5.41) is 12.1. The molecule has 20 heavy (non-hydrogen) atoms. The summed E-state index contributed by atoms with van der Waals surface area (Å²) < 4.78 is 8.32. The first-order chi connectivity index (χ1) is 9.60. The number of anilines is 1. The Morgan fingerprint density at radius 2 is 2.30 bits per heavy atom. The van der Waals surface area contributed by atoms with Crippen molar-refractivity contribution < 1.29 is 4.74 Å². The monoisotopic (exact) mass is 337 g/mol. The van der Waals surface area contributed by atoms with Crippen LogP contribution in [0.5, 0.6) is 0 Å². The van der Waals surface area contributed by atoms with Gasteiger partial charge in [0.15, 0.2) is 5.82 Å². The molecule has 2 aromatic rings. The Morgan fingerprint density at radius 1 is 1.45 bits per heavy atom. The van der Waals surface area contributed by atoms with Crippen LogP contribution < -0.4 is 5.73 Å². The minimum atomic E-state index is -0.209. The van der Waals surface area contributed by atoms with E-state index in [9.17, 15) is 0 Å². The minimum Gasteiger partial charge on any atom is -0.398 e. The molecule has 1 fully saturated rings. The maximum absolute atomic E-state index is 5.94. The van der Waals surface area contributed by atoms with Gasteiger partial charge in [-0.25, -0.2) is 4.68 Å². The van der Waals surface area contributed by atoms with Crippen molar-refractivity contribution >= 4 is 21.6 Å². The number of nitrogens with two attached hydrogens (primary N) is 1. The van der Waals surface area contributed by atoms with E-state index in [0.717, 1.165) is 35.3 Å². The predicted octanol–water partition coefficient (Wildman–Crippen LogP) is 2.21. The van der Waals surface area contributed by atoms with Gasteiger partial charge < -0.3 is 10.5 Å². The van der Waals surface area contributed by atoms with Crippen molar-refractivity contribution in [3.05, 3.63) is 22.7 Å². The molecule has 7 heteroatoms. The summed E-state index contributed by atoms with van der Waals surface area (Å²) in [5.41, 5.74) is 7.30. The van der Waals surface area contributed by atoms with Crippen LogP contribution in [0.4, 0.5) is 5.69 Å². The first kappa shape index (κ1) is 13.5. The van der Waals surface area contributed by atoms with Crippen molar-refractivity contribution in [3.63, 3.8) is 0 Å². The third-order valence-electron chi connectivity index (χ3n) is 3.65. The molecule has 1 aliphatic heterocycles. The summed E-state index contributed by atoms with van der Waals surface area (Å²) in [6.07, 6.45) is 2.01. The lowest BCUT2D eigenvalue weighted by atomic mass is 9.94. The van der Waals surface area contributed by atoms with E-state index in [4.69, 9.17) is 10.5 Å². The van der Waals surface area contributed by atoms with Gasteiger partial charge in [0.1, 0.15) is 0 Å². The SMILES string of the molecule is CC1(n2nnnc2-c2ccc(Br)c(N)c2)CCCOC1. The third kappa shape index (κ3) is 2.31. The van der Waals surface area contributed by atoms with Crippen LogP contribution in [-0.4, -0.2) is 33.4 Å². The maximum atomic E-state index is 5.94. The lowest BCUT2D eigenvalue weighted by Gasteiger charge is -2.33. The molecule has 1 unspecified atom stereocenters. The van der Waals surface area contributed by atoms with Crippen molar-refractivity contribution in [2.75, 3.05) is 18.9 Å². The Hall–Kier alpha value is -1.47. The van der Waals surface area contributed by atoms with Gasteiger partial charge in [0, 0.05) is 22.3 Å². The fourth-order valence-electron chi connectivity index (χ4n) is 2.50. The molecule has 1 atom stereocenters. The molecule has 0 saturated carbocycles. The highest BCUT2D eigenvalue weighted by Gasteiger charge is 2.33. The number of hydrogen-bond donors (Lipinski definition) is 1. The number of hydrogen-bond acceptors (Lipinski definition) is 5. The molecule has 1 saturated heterocycles. The van der Waals surface area contributed by atoms with E-state index in [0.29, 0.717) is 12.3 Å². The second-order valence-corrected chi connectivity index (χ2v) is 6.16. The second-order valence-electron chi connectivity index (χ2n) is 5.30. The van der Waals surface area contributed by atoms with Gasteiger partial charge in [-0.1, -0.05) is 0 Å². The molecule has 0 radical (unpaired) electrons. The Bertz CT molecular complexity index is 621. The zero-order chi connectivity index (χ0) is 14.2. The topological polar surface area (TPSA) is 78.9 Å². The van der Waals surface area contributed by atoms with E-state index in [1.54, 1.807) is 0 Å². The molecule has 2 heterocycles. The Labute approximate surface area is 125 Å². The number of nitrogens with zero attached hydrogens (tertiary/aromatic N) is 4. The lowest BCUT2D eigenvalue weighted by molar-refractivity contribution is 0.00348. The summed E-state index contributed by atoms with van der Waals surface area (Å²) in [4.78, 5) is 0. The van der Waals surface area contributed by atoms with Gasteiger partial charge in [0.25, 0.3) is 0 Å². The predicted molar refractivity (Wildman–Crippen MR) is 79.1 cm³/mol. The molecule has 6 nitrogen and oxygen atoms in total. The number of tetrazole rings is 1. The van der Waals surface area contributed by atoms with Crippen LogP contribution in [-0.2, 0) is 10.3 Å². The highest BCUT2D eigenvalue weighted by Crippen LogP contribution is 2.31. The van der Waals surface area contributed by atoms with E-state index in [-0.39, 0.29) is 5.54 Å². The molecular formula is C13H16BrN5O. The number of benzene rings is 1. The normalized spacial score (nSPS) is 22.9. The van der Waals surface area contributed by atoms with Gasteiger partial charge in [-0.05, 0) is 64.3 Å². The van der Waals surface area contributed by atoms with Crippen molar-refractivity contribution in [3.8, 4) is 11.4 Å². The smallest absolute Gasteiger partial charge is 0.182 e. The minimum absolute atomic E-state index is 0.209. The summed E-state index contributed by atoms with van der Waals surface area (Å²) in [7, 11) is 0. The molecule has 0 amide bonds. The van der Waals surface area contributed by atoms with Crippen LogP contribution in [0.1, 0.15) is 19.8 Å². The largest absolute Gasteiger partial charge is 0.398 e. The van der Waals surface area contributed by atoms with E-state index in [1.165, 1.54) is 0 Å². The van der Waals surface area contributed by atoms with Gasteiger partial charge in [-0.2, -0.15) is 0 Å². The average molecular weight is 338 g/mol. The summed E-state index contributed by atoms with van der Waals surface area (Å²) in [5.74, 6) is 0.720. The van der Waals surface area contributed by atoms with Crippen molar-refractivity contribution in [2.45, 2.75) is 25.3 Å². The number of halogens is 1. The van der Waals surface area contributed by atoms with E-state index < -0.39 is 0 Å². The van der Waals surface area contributed by atoms with Gasteiger partial charge in [0.2, 0.25) is 0 Å². The third-order valence-corrected chi connectivity index (χ3v) is 4.37. The van der Waals surface area contributed by atoms with E-state index >= 15 is 0 Å². The Kier molecular flexibility index (Phi) is 3.47. The molecule has 0 bridgehead atoms. The highest BCUT2D eigenvalue weighted by atomic mass is 79.9. The van der Waals surface area contributed by atoms with Gasteiger partial charge in [0.05, 0.1) is 12.1 Å². The summed E-state index contributed by atoms with van der Waals surface area (Å²) in [6.45, 7) is 3.55. The quantitative estimate of drug-likeness (QED) is 0.850. The number of nitrogen functional groups attached to an aromatic ring is 1. The summed E-state index contributed by atoms with van der Waals surface area (Å²) >= 11 is 3.39. The fraction of sp³-hybridized carbons (Fsp3) is 0.462. The van der Waals surface area contributed by atoms with E-state index in [1.807, 2.05) is 22.9 Å². The Morgan fingerprint density at radius 3 is 3.00 bits per heavy atom. The zero-order valence-electron chi connectivity index (χ0n) is 11.2. The van der Waals surface area contributed by atoms with Crippen LogP contribution in [0, 0.1) is 0 Å². The Balaban J connectivity index is 2.03. The maximum Gasteiger partial charge on any atom is 0.182 e. The fourth-order valence-corrected chi connectivity index (χ4v) is 2.75. The van der Waals surface area contributed by atoms with Crippen LogP contribution in [0.25, 0.3) is 11.4 Å². The van der Waals surface area contributed by atoms with Crippen molar-refractivity contribution in [1.82, 2.24) is 20.2 Å². The molecular weight excluding hydrogens is 322 g/mol. The number of rotatable bonds is 2. The molecule has 3 rings (SSSR count). The molecule has 1 aromatic carbocycles. The molecule has 2 N–H and O–H groups in total. The zero-order valence-corrected chi connectivity index (χ0v) is 12.8. The van der Waals surface area contributed by atoms with Crippen LogP contribution in [0.2, 0.25) is 0 Å². The molecule has 0 aliphatic carbocycles. The van der Waals surface area contributed by atoms with Crippen LogP contribution in [0.3, 0.4) is 0 Å². The van der Waals surface area contributed by atoms with Crippen molar-refractivity contribution in [2.24, 2.45) is 0 Å². The van der Waals surface area contributed by atoms with Gasteiger partial charge in [-0.15, -0.1) is 5.10 Å². The van der Waals surface area contributed by atoms with Crippen LogP contribution in [0.15, 0.2) is 22.7 Å². The molecule has 1 aliphatic rings. The highest BCUT2D eigenvalue weighted by molar-refractivity contribution is 9.10.